The Morgan fingerprint density at radius 3 is 2.64 bits per heavy atom. The van der Waals surface area contributed by atoms with Gasteiger partial charge in [0.2, 0.25) is 0 Å². The normalized spacial score (nSPS) is 15.9. The van der Waals surface area contributed by atoms with Crippen molar-refractivity contribution in [3.8, 4) is 0 Å². The minimum Gasteiger partial charge on any atom is -0.456 e. The molecule has 7 heteroatoms. The zero-order valence-corrected chi connectivity index (χ0v) is 17.1. The smallest absolute Gasteiger partial charge is 0.407 e. The first-order chi connectivity index (χ1) is 13.2. The van der Waals surface area contributed by atoms with Gasteiger partial charge in [0.15, 0.2) is 6.61 Å². The number of carbonyl (C=O) groups is 3. The SMILES string of the molecule is CN(C(=O)COC(=O)CCNC(=O)OC(C)(C)C)[C@H]1CCCc2ccccc21. The molecule has 0 saturated carbocycles. The van der Waals surface area contributed by atoms with E-state index in [9.17, 15) is 14.4 Å². The molecule has 28 heavy (non-hydrogen) atoms. The van der Waals surface area contributed by atoms with Gasteiger partial charge in [-0.2, -0.15) is 0 Å². The van der Waals surface area contributed by atoms with Gasteiger partial charge in [-0.3, -0.25) is 9.59 Å². The van der Waals surface area contributed by atoms with Crippen LogP contribution in [-0.4, -0.2) is 48.7 Å². The van der Waals surface area contributed by atoms with Crippen LogP contribution in [-0.2, 0) is 25.5 Å². The molecule has 1 aliphatic rings. The lowest BCUT2D eigenvalue weighted by atomic mass is 9.87. The van der Waals surface area contributed by atoms with Gasteiger partial charge in [0, 0.05) is 13.6 Å². The predicted molar refractivity (Wildman–Crippen MR) is 105 cm³/mol. The van der Waals surface area contributed by atoms with Gasteiger partial charge in [0.1, 0.15) is 5.60 Å². The van der Waals surface area contributed by atoms with Crippen molar-refractivity contribution in [2.45, 2.75) is 58.1 Å². The summed E-state index contributed by atoms with van der Waals surface area (Å²) >= 11 is 0. The monoisotopic (exact) mass is 390 g/mol. The number of likely N-dealkylation sites (N-methyl/N-ethyl adjacent to an activating group) is 1. The Kier molecular flexibility index (Phi) is 7.43. The number of hydrogen-bond acceptors (Lipinski definition) is 5. The number of esters is 1. The molecule has 1 aromatic rings. The van der Waals surface area contributed by atoms with Gasteiger partial charge < -0.3 is 19.7 Å². The molecule has 0 radical (unpaired) electrons. The van der Waals surface area contributed by atoms with E-state index in [4.69, 9.17) is 9.47 Å². The minimum absolute atomic E-state index is 0.00462. The highest BCUT2D eigenvalue weighted by Crippen LogP contribution is 2.33. The second kappa shape index (κ2) is 9.57. The summed E-state index contributed by atoms with van der Waals surface area (Å²) in [5, 5.41) is 2.49. The van der Waals surface area contributed by atoms with E-state index >= 15 is 0 Å². The third kappa shape index (κ3) is 6.55. The van der Waals surface area contributed by atoms with Gasteiger partial charge in [-0.05, 0) is 51.2 Å². The van der Waals surface area contributed by atoms with Crippen molar-refractivity contribution in [2.24, 2.45) is 0 Å². The molecular formula is C21H30N2O5. The number of alkyl carbamates (subject to hydrolysis) is 1. The van der Waals surface area contributed by atoms with Gasteiger partial charge in [0.05, 0.1) is 12.5 Å². The molecule has 2 amide bonds. The first-order valence-corrected chi connectivity index (χ1v) is 9.63. The largest absolute Gasteiger partial charge is 0.456 e. The molecule has 0 heterocycles. The molecule has 1 aromatic carbocycles. The number of benzene rings is 1. The molecule has 1 aliphatic carbocycles. The van der Waals surface area contributed by atoms with Crippen molar-refractivity contribution in [3.63, 3.8) is 0 Å². The summed E-state index contributed by atoms with van der Waals surface area (Å²) in [5.41, 5.74) is 1.83. The van der Waals surface area contributed by atoms with E-state index in [2.05, 4.69) is 17.4 Å². The number of ether oxygens (including phenoxy) is 2. The number of nitrogens with zero attached hydrogens (tertiary/aromatic N) is 1. The predicted octanol–water partition coefficient (Wildman–Crippen LogP) is 2.98. The summed E-state index contributed by atoms with van der Waals surface area (Å²) in [6.07, 6.45) is 2.33. The Balaban J connectivity index is 1.75. The second-order valence-electron chi connectivity index (χ2n) is 7.95. The number of carbonyl (C=O) groups excluding carboxylic acids is 3. The van der Waals surface area contributed by atoms with Crippen molar-refractivity contribution in [3.05, 3.63) is 35.4 Å². The molecule has 0 saturated heterocycles. The van der Waals surface area contributed by atoms with Crippen LogP contribution in [0.3, 0.4) is 0 Å². The summed E-state index contributed by atoms with van der Waals surface area (Å²) in [5.74, 6) is -0.781. The highest BCUT2D eigenvalue weighted by Gasteiger charge is 2.27. The standard InChI is InChI=1S/C21H30N2O5/c1-21(2,3)28-20(26)22-13-12-19(25)27-14-18(24)23(4)17-11-7-9-15-8-5-6-10-16(15)17/h5-6,8,10,17H,7,9,11-14H2,1-4H3,(H,22,26)/t17-/m0/s1. The number of aryl methyl sites for hydroxylation is 1. The minimum atomic E-state index is -0.598. The molecule has 0 fully saturated rings. The average Bonchev–Trinajstić information content (AvgIpc) is 2.63. The zero-order chi connectivity index (χ0) is 20.7. The maximum Gasteiger partial charge on any atom is 0.407 e. The molecule has 1 N–H and O–H groups in total. The molecule has 0 aliphatic heterocycles. The van der Waals surface area contributed by atoms with E-state index in [1.165, 1.54) is 5.56 Å². The maximum atomic E-state index is 12.5. The van der Waals surface area contributed by atoms with Crippen LogP contribution >= 0.6 is 0 Å². The molecule has 2 rings (SSSR count). The van der Waals surface area contributed by atoms with Crippen LogP contribution in [0.2, 0.25) is 0 Å². The Morgan fingerprint density at radius 2 is 1.93 bits per heavy atom. The van der Waals surface area contributed by atoms with E-state index in [1.54, 1.807) is 32.7 Å². The van der Waals surface area contributed by atoms with Crippen LogP contribution in [0.15, 0.2) is 24.3 Å². The molecule has 7 nitrogen and oxygen atoms in total. The number of hydrogen-bond donors (Lipinski definition) is 1. The quantitative estimate of drug-likeness (QED) is 0.755. The van der Waals surface area contributed by atoms with Crippen LogP contribution < -0.4 is 5.32 Å². The van der Waals surface area contributed by atoms with Gasteiger partial charge >= 0.3 is 12.1 Å². The summed E-state index contributed by atoms with van der Waals surface area (Å²) in [7, 11) is 1.74. The molecule has 1 atom stereocenters. The van der Waals surface area contributed by atoms with Crippen molar-refractivity contribution in [1.82, 2.24) is 10.2 Å². The van der Waals surface area contributed by atoms with E-state index in [1.807, 2.05) is 12.1 Å². The zero-order valence-electron chi connectivity index (χ0n) is 17.1. The molecule has 0 aromatic heterocycles. The summed E-state index contributed by atoms with van der Waals surface area (Å²) in [6, 6.07) is 8.14. The van der Waals surface area contributed by atoms with Crippen LogP contribution in [0.4, 0.5) is 4.79 Å². The van der Waals surface area contributed by atoms with Crippen LogP contribution in [0.1, 0.15) is 57.2 Å². The Bertz CT molecular complexity index is 711. The van der Waals surface area contributed by atoms with Crippen LogP contribution in [0.5, 0.6) is 0 Å². The van der Waals surface area contributed by atoms with Gasteiger partial charge in [-0.15, -0.1) is 0 Å². The molecule has 154 valence electrons. The summed E-state index contributed by atoms with van der Waals surface area (Å²) in [4.78, 5) is 37.5. The van der Waals surface area contributed by atoms with Gasteiger partial charge in [-0.25, -0.2) is 4.79 Å². The number of rotatable bonds is 6. The van der Waals surface area contributed by atoms with E-state index in [0.717, 1.165) is 24.8 Å². The van der Waals surface area contributed by atoms with E-state index in [-0.39, 0.29) is 31.5 Å². The third-order valence-electron chi connectivity index (χ3n) is 4.55. The third-order valence-corrected chi connectivity index (χ3v) is 4.55. The maximum absolute atomic E-state index is 12.5. The van der Waals surface area contributed by atoms with Crippen molar-refractivity contribution in [2.75, 3.05) is 20.2 Å². The van der Waals surface area contributed by atoms with E-state index in [0.29, 0.717) is 0 Å². The Morgan fingerprint density at radius 1 is 1.21 bits per heavy atom. The molecule has 0 bridgehead atoms. The summed E-state index contributed by atoms with van der Waals surface area (Å²) < 4.78 is 10.1. The van der Waals surface area contributed by atoms with Gasteiger partial charge in [-0.1, -0.05) is 24.3 Å². The lowest BCUT2D eigenvalue weighted by Gasteiger charge is -2.33. The first kappa shape index (κ1) is 21.7. The van der Waals surface area contributed by atoms with Crippen molar-refractivity contribution >= 4 is 18.0 Å². The molecular weight excluding hydrogens is 360 g/mol. The van der Waals surface area contributed by atoms with Crippen molar-refractivity contribution in [1.29, 1.82) is 0 Å². The van der Waals surface area contributed by atoms with E-state index < -0.39 is 17.7 Å². The Hall–Kier alpha value is -2.57. The fraction of sp³-hybridized carbons (Fsp3) is 0.571. The highest BCUT2D eigenvalue weighted by atomic mass is 16.6. The number of nitrogens with one attached hydrogen (secondary N) is 1. The van der Waals surface area contributed by atoms with Crippen molar-refractivity contribution < 1.29 is 23.9 Å². The lowest BCUT2D eigenvalue weighted by Crippen LogP contribution is -2.36. The number of fused-ring (bicyclic) bond motifs is 1. The highest BCUT2D eigenvalue weighted by molar-refractivity contribution is 5.81. The molecule has 0 unspecified atom stereocenters. The fourth-order valence-corrected chi connectivity index (χ4v) is 3.20. The molecule has 0 spiro atoms. The summed E-state index contributed by atoms with van der Waals surface area (Å²) in [6.45, 7) is 5.06. The second-order valence-corrected chi connectivity index (χ2v) is 7.95. The number of amides is 2. The van der Waals surface area contributed by atoms with Crippen LogP contribution in [0, 0.1) is 0 Å². The average molecular weight is 390 g/mol. The first-order valence-electron chi connectivity index (χ1n) is 9.63. The van der Waals surface area contributed by atoms with Crippen LogP contribution in [0.25, 0.3) is 0 Å². The Labute approximate surface area is 166 Å². The fourth-order valence-electron chi connectivity index (χ4n) is 3.20. The van der Waals surface area contributed by atoms with Gasteiger partial charge in [0.25, 0.3) is 5.91 Å². The topological polar surface area (TPSA) is 84.9 Å². The lowest BCUT2D eigenvalue weighted by molar-refractivity contribution is -0.152.